The molecule has 1 N–H and O–H groups in total. The van der Waals surface area contributed by atoms with E-state index in [2.05, 4.69) is 4.99 Å². The Kier molecular flexibility index (Phi) is 8.09. The zero-order chi connectivity index (χ0) is 18.8. The summed E-state index contributed by atoms with van der Waals surface area (Å²) in [7, 11) is 0.608. The molecular weight excluding hydrogens is 325 g/mol. The molecule has 0 heterocycles. The second kappa shape index (κ2) is 10.6. The maximum atomic E-state index is 12.1. The zero-order valence-electron chi connectivity index (χ0n) is 15.0. The molecule has 0 saturated heterocycles. The van der Waals surface area contributed by atoms with E-state index in [0.717, 1.165) is 11.1 Å². The Morgan fingerprint density at radius 1 is 1.04 bits per heavy atom. The van der Waals surface area contributed by atoms with E-state index in [9.17, 15) is 14.6 Å². The monoisotopic (exact) mass is 349 g/mol. The van der Waals surface area contributed by atoms with Crippen molar-refractivity contribution in [1.82, 2.24) is 0 Å². The first kappa shape index (κ1) is 19.9. The van der Waals surface area contributed by atoms with Crippen LogP contribution in [0, 0.1) is 5.92 Å². The molecule has 0 aliphatic heterocycles. The Morgan fingerprint density at radius 2 is 1.58 bits per heavy atom. The molecule has 2 aromatic rings. The van der Waals surface area contributed by atoms with Gasteiger partial charge in [0.15, 0.2) is 0 Å². The van der Waals surface area contributed by atoms with E-state index in [-0.39, 0.29) is 11.7 Å². The van der Waals surface area contributed by atoms with Gasteiger partial charge in [-0.05, 0) is 0 Å². The number of ketones is 1. The quantitative estimate of drug-likeness (QED) is 0.530. The fourth-order valence-corrected chi connectivity index (χ4v) is 3.03. The number of benzene rings is 2. The predicted molar refractivity (Wildman–Crippen MR) is 104 cm³/mol. The summed E-state index contributed by atoms with van der Waals surface area (Å²) in [5, 5.41) is 10.7. The average Bonchev–Trinajstić information content (AvgIpc) is 2.66. The van der Waals surface area contributed by atoms with E-state index in [1.54, 1.807) is 6.92 Å². The number of aliphatic hydroxyl groups excluding tert-OH is 1. The average molecular weight is 349 g/mol. The molecule has 134 valence electrons. The van der Waals surface area contributed by atoms with E-state index in [1.165, 1.54) is 6.11 Å². The van der Waals surface area contributed by atoms with E-state index in [0.29, 0.717) is 26.4 Å². The normalized spacial score (nSPS) is 14.5. The first-order valence-electron chi connectivity index (χ1n) is 8.83. The first-order chi connectivity index (χ1) is 12.6. The van der Waals surface area contributed by atoms with Crippen molar-refractivity contribution in [3.05, 3.63) is 71.8 Å². The van der Waals surface area contributed by atoms with Crippen LogP contribution in [0.5, 0.6) is 0 Å². The number of carbonyl (C=O) groups is 1. The molecule has 0 spiro atoms. The molecule has 26 heavy (non-hydrogen) atoms. The second-order valence-electron chi connectivity index (χ2n) is 6.49. The summed E-state index contributed by atoms with van der Waals surface area (Å²) >= 11 is 0. The summed E-state index contributed by atoms with van der Waals surface area (Å²) in [4.78, 5) is 16.3. The molecule has 0 bridgehead atoms. The van der Waals surface area contributed by atoms with Crippen molar-refractivity contribution in [2.24, 2.45) is 10.9 Å². The Bertz CT molecular complexity index is 719. The van der Waals surface area contributed by atoms with Crippen molar-refractivity contribution < 1.29 is 14.6 Å². The molecule has 0 amide bonds. The molecule has 0 aliphatic rings. The Hall–Kier alpha value is -2.40. The van der Waals surface area contributed by atoms with Gasteiger partial charge in [0.2, 0.25) is 0 Å². The fraction of sp³-hybridized carbons (Fsp3) is 0.333. The van der Waals surface area contributed by atoms with Crippen molar-refractivity contribution in [3.63, 3.8) is 0 Å². The number of aliphatic imine (C=N–C) groups is 1. The summed E-state index contributed by atoms with van der Waals surface area (Å²) in [6.45, 7) is 1.56. The summed E-state index contributed by atoms with van der Waals surface area (Å²) in [5.74, 6) is -0.233. The molecule has 0 saturated carbocycles. The number of nitrogens with zero attached hydrogens (tertiary/aromatic N) is 1. The summed E-state index contributed by atoms with van der Waals surface area (Å²) in [6, 6.07) is 19.0. The molecule has 0 aromatic heterocycles. The first-order valence-corrected chi connectivity index (χ1v) is 8.83. The van der Waals surface area contributed by atoms with Crippen LogP contribution in [-0.4, -0.2) is 36.3 Å². The van der Waals surface area contributed by atoms with Gasteiger partial charge in [-0.15, -0.1) is 0 Å². The van der Waals surface area contributed by atoms with Crippen molar-refractivity contribution in [2.75, 3.05) is 0 Å². The van der Waals surface area contributed by atoms with Gasteiger partial charge in [-0.25, -0.2) is 0 Å². The van der Waals surface area contributed by atoms with Gasteiger partial charge in [0.05, 0.1) is 0 Å². The van der Waals surface area contributed by atoms with Crippen LogP contribution in [0.1, 0.15) is 24.5 Å². The number of Topliss-reactive ketones (excluding diaryl/α,β-unsaturated/α-hetero) is 1. The second-order valence-corrected chi connectivity index (χ2v) is 6.49. The molecule has 5 heteroatoms. The van der Waals surface area contributed by atoms with Gasteiger partial charge in [-0.3, -0.25) is 0 Å². The van der Waals surface area contributed by atoms with E-state index >= 15 is 0 Å². The summed E-state index contributed by atoms with van der Waals surface area (Å²) in [6.07, 6.45) is 1.80. The molecular formula is C21H24BNO3. The molecule has 0 aliphatic carbocycles. The molecule has 0 radical (unpaired) electrons. The Balaban J connectivity index is 2.09. The van der Waals surface area contributed by atoms with Crippen LogP contribution in [0.4, 0.5) is 0 Å². The SMILES string of the molecule is CC(=O)[C@H](Cc1ccccc1)CC(O)[C@H](Cc1ccccc1)N=CB=O. The molecule has 3 atom stereocenters. The van der Waals surface area contributed by atoms with E-state index in [4.69, 9.17) is 0 Å². The molecule has 4 nitrogen and oxygen atoms in total. The van der Waals surface area contributed by atoms with Gasteiger partial charge in [0.25, 0.3) is 0 Å². The third-order valence-electron chi connectivity index (χ3n) is 4.50. The Morgan fingerprint density at radius 3 is 2.08 bits per heavy atom. The van der Waals surface area contributed by atoms with Crippen molar-refractivity contribution >= 4 is 19.0 Å². The predicted octanol–water partition coefficient (Wildman–Crippen LogP) is 2.87. The zero-order valence-corrected chi connectivity index (χ0v) is 15.0. The van der Waals surface area contributed by atoms with Gasteiger partial charge in [-0.1, -0.05) is 0 Å². The summed E-state index contributed by atoms with van der Waals surface area (Å²) < 4.78 is 10.7. The van der Waals surface area contributed by atoms with Crippen LogP contribution in [0.2, 0.25) is 0 Å². The van der Waals surface area contributed by atoms with Crippen LogP contribution in [0.15, 0.2) is 65.7 Å². The van der Waals surface area contributed by atoms with Crippen LogP contribution in [-0.2, 0) is 22.3 Å². The maximum absolute atomic E-state index is 12.1. The van der Waals surface area contributed by atoms with Gasteiger partial charge in [0, 0.05) is 0 Å². The molecule has 2 aromatic carbocycles. The van der Waals surface area contributed by atoms with E-state index < -0.39 is 12.1 Å². The third kappa shape index (κ3) is 6.49. The van der Waals surface area contributed by atoms with Crippen LogP contribution in [0.3, 0.4) is 0 Å². The third-order valence-corrected chi connectivity index (χ3v) is 4.50. The number of aliphatic hydroxyl groups is 1. The van der Waals surface area contributed by atoms with Crippen LogP contribution < -0.4 is 0 Å². The van der Waals surface area contributed by atoms with Gasteiger partial charge >= 0.3 is 155 Å². The van der Waals surface area contributed by atoms with Crippen molar-refractivity contribution in [2.45, 2.75) is 38.3 Å². The topological polar surface area (TPSA) is 66.7 Å². The van der Waals surface area contributed by atoms with Gasteiger partial charge in [-0.2, -0.15) is 0 Å². The minimum atomic E-state index is -0.802. The summed E-state index contributed by atoms with van der Waals surface area (Å²) in [5.41, 5.74) is 2.10. The van der Waals surface area contributed by atoms with Gasteiger partial charge < -0.3 is 0 Å². The van der Waals surface area contributed by atoms with Crippen molar-refractivity contribution in [3.8, 4) is 0 Å². The Labute approximate surface area is 155 Å². The van der Waals surface area contributed by atoms with Crippen LogP contribution in [0.25, 0.3) is 0 Å². The number of hydrogen-bond acceptors (Lipinski definition) is 4. The number of rotatable bonds is 10. The van der Waals surface area contributed by atoms with Crippen molar-refractivity contribution in [1.29, 1.82) is 0 Å². The fourth-order valence-electron chi connectivity index (χ4n) is 3.03. The molecule has 0 fully saturated rings. The minimum absolute atomic E-state index is 0.0470. The van der Waals surface area contributed by atoms with Crippen LogP contribution >= 0.6 is 0 Å². The van der Waals surface area contributed by atoms with Gasteiger partial charge in [0.1, 0.15) is 0 Å². The number of hydrogen-bond donors (Lipinski definition) is 1. The molecule has 2 rings (SSSR count). The standard InChI is InChI=1S/C21H24BNO3/c1-16(24)19(12-17-8-4-2-5-9-17)14-21(25)20(23-15-22-26)13-18-10-6-3-7-11-18/h2-11,15,19-21,25H,12-14H2,1H3/t19-,20+,21?/m1/s1. The number of carbonyl (C=O) groups excluding carboxylic acids is 1. The molecule has 1 unspecified atom stereocenters. The van der Waals surface area contributed by atoms with E-state index in [1.807, 2.05) is 60.7 Å².